The van der Waals surface area contributed by atoms with Crippen molar-refractivity contribution < 1.29 is 9.47 Å². The third-order valence-corrected chi connectivity index (χ3v) is 6.98. The van der Waals surface area contributed by atoms with Crippen molar-refractivity contribution in [2.75, 3.05) is 30.0 Å². The Hall–Kier alpha value is -4.17. The van der Waals surface area contributed by atoms with E-state index < -0.39 is 0 Å². The Labute approximate surface area is 215 Å². The van der Waals surface area contributed by atoms with Crippen LogP contribution in [-0.2, 0) is 11.2 Å². The number of H-pyrrole nitrogens is 1. The number of para-hydroxylation sites is 1. The molecule has 0 saturated carbocycles. The number of aryl methyl sites for hydroxylation is 1. The summed E-state index contributed by atoms with van der Waals surface area (Å²) in [5.74, 6) is 1.70. The van der Waals surface area contributed by atoms with Crippen LogP contribution in [0.25, 0.3) is 0 Å². The first-order valence-corrected chi connectivity index (χ1v) is 12.6. The van der Waals surface area contributed by atoms with E-state index in [0.29, 0.717) is 25.4 Å². The molecule has 0 spiro atoms. The number of hydrogen-bond donors (Lipinski definition) is 2. The first-order valence-electron chi connectivity index (χ1n) is 12.6. The van der Waals surface area contributed by atoms with E-state index in [1.54, 1.807) is 18.6 Å². The highest BCUT2D eigenvalue weighted by molar-refractivity contribution is 5.60. The van der Waals surface area contributed by atoms with Crippen LogP contribution in [0.4, 0.5) is 11.4 Å². The lowest BCUT2D eigenvalue weighted by molar-refractivity contribution is 0.0933. The second kappa shape index (κ2) is 9.71. The van der Waals surface area contributed by atoms with Gasteiger partial charge in [-0.25, -0.2) is 0 Å². The number of benzene rings is 2. The molecule has 4 aromatic rings. The van der Waals surface area contributed by atoms with Crippen LogP contribution in [0.1, 0.15) is 47.1 Å². The van der Waals surface area contributed by atoms with Crippen molar-refractivity contribution in [2.45, 2.75) is 32.4 Å². The van der Waals surface area contributed by atoms with Gasteiger partial charge in [-0.3, -0.25) is 14.8 Å². The van der Waals surface area contributed by atoms with Crippen molar-refractivity contribution in [2.24, 2.45) is 0 Å². The van der Waals surface area contributed by atoms with Crippen LogP contribution in [0.3, 0.4) is 0 Å². The van der Waals surface area contributed by atoms with Gasteiger partial charge in [0.2, 0.25) is 0 Å². The van der Waals surface area contributed by atoms with Crippen molar-refractivity contribution in [3.05, 3.63) is 106 Å². The molecular weight excluding hydrogens is 466 g/mol. The molecule has 2 aromatic heterocycles. The molecule has 2 aliphatic rings. The minimum Gasteiger partial charge on any atom is -0.456 e. The minimum absolute atomic E-state index is 0.0206. The van der Waals surface area contributed by atoms with Gasteiger partial charge in [0.25, 0.3) is 5.56 Å². The molecule has 188 valence electrons. The number of aromatic nitrogens is 3. The van der Waals surface area contributed by atoms with Crippen LogP contribution in [0, 0.1) is 6.92 Å². The van der Waals surface area contributed by atoms with Gasteiger partial charge in [-0.05, 0) is 49.7 Å². The second-order valence-corrected chi connectivity index (χ2v) is 9.56. The zero-order valence-corrected chi connectivity index (χ0v) is 20.9. The van der Waals surface area contributed by atoms with E-state index in [1.807, 2.05) is 31.2 Å². The molecule has 2 atom stereocenters. The first-order chi connectivity index (χ1) is 18.1. The molecule has 8 heteroatoms. The molecule has 2 aliphatic heterocycles. The van der Waals surface area contributed by atoms with Crippen LogP contribution >= 0.6 is 0 Å². The van der Waals surface area contributed by atoms with Gasteiger partial charge in [0.15, 0.2) is 0 Å². The predicted octanol–water partition coefficient (Wildman–Crippen LogP) is 4.92. The summed E-state index contributed by atoms with van der Waals surface area (Å²) in [5, 5.41) is 3.54. The standard InChI is InChI=1S/C29H29N5O3/c1-18-15-30-16-24(32-18)19(2)33-22-8-9-27-21(14-22)13-20-5-3-6-23(28(20)37-27)26-17-36-12-11-34(26)25-7-4-10-31-29(25)35/h3-10,14-16,19,26,33H,11-13,17H2,1-2H3,(H,31,35). The summed E-state index contributed by atoms with van der Waals surface area (Å²) in [6.07, 6.45) is 5.97. The van der Waals surface area contributed by atoms with Gasteiger partial charge in [0, 0.05) is 42.2 Å². The molecule has 2 unspecified atom stereocenters. The molecule has 0 amide bonds. The molecule has 37 heavy (non-hydrogen) atoms. The third-order valence-electron chi connectivity index (χ3n) is 6.98. The number of morpholine rings is 1. The molecule has 2 N–H and O–H groups in total. The Kier molecular flexibility index (Phi) is 6.10. The fourth-order valence-corrected chi connectivity index (χ4v) is 5.16. The highest BCUT2D eigenvalue weighted by Crippen LogP contribution is 2.43. The van der Waals surface area contributed by atoms with Gasteiger partial charge >= 0.3 is 0 Å². The Bertz CT molecular complexity index is 1500. The van der Waals surface area contributed by atoms with Crippen LogP contribution < -0.4 is 20.5 Å². The summed E-state index contributed by atoms with van der Waals surface area (Å²) in [5.41, 5.74) is 6.62. The number of nitrogens with one attached hydrogen (secondary N) is 2. The maximum atomic E-state index is 12.6. The Morgan fingerprint density at radius 3 is 2.92 bits per heavy atom. The van der Waals surface area contributed by atoms with E-state index in [9.17, 15) is 4.79 Å². The van der Waals surface area contributed by atoms with Gasteiger partial charge in [0.1, 0.15) is 17.2 Å². The van der Waals surface area contributed by atoms with Crippen molar-refractivity contribution in [3.63, 3.8) is 0 Å². The van der Waals surface area contributed by atoms with Crippen LogP contribution in [0.15, 0.2) is 71.9 Å². The van der Waals surface area contributed by atoms with Gasteiger partial charge < -0.3 is 24.7 Å². The molecule has 1 saturated heterocycles. The summed E-state index contributed by atoms with van der Waals surface area (Å²) < 4.78 is 12.4. The number of anilines is 2. The topological polar surface area (TPSA) is 92.4 Å². The summed E-state index contributed by atoms with van der Waals surface area (Å²) >= 11 is 0. The lowest BCUT2D eigenvalue weighted by atomic mass is 9.94. The zero-order chi connectivity index (χ0) is 25.4. The molecule has 4 heterocycles. The number of pyridine rings is 1. The molecular formula is C29H29N5O3. The summed E-state index contributed by atoms with van der Waals surface area (Å²) in [6, 6.07) is 16.1. The molecule has 6 rings (SSSR count). The first kappa shape index (κ1) is 23.2. The fourth-order valence-electron chi connectivity index (χ4n) is 5.16. The Balaban J connectivity index is 1.28. The third kappa shape index (κ3) is 4.56. The lowest BCUT2D eigenvalue weighted by Crippen LogP contribution is -2.42. The maximum Gasteiger partial charge on any atom is 0.271 e. The second-order valence-electron chi connectivity index (χ2n) is 9.56. The monoisotopic (exact) mass is 495 g/mol. The van der Waals surface area contributed by atoms with Crippen LogP contribution in [-0.4, -0.2) is 34.7 Å². The van der Waals surface area contributed by atoms with E-state index in [4.69, 9.17) is 9.47 Å². The number of hydrogen-bond acceptors (Lipinski definition) is 7. The quantitative estimate of drug-likeness (QED) is 0.358. The largest absolute Gasteiger partial charge is 0.456 e. The molecule has 8 nitrogen and oxygen atoms in total. The van der Waals surface area contributed by atoms with Crippen LogP contribution in [0.2, 0.25) is 0 Å². The highest BCUT2D eigenvalue weighted by Gasteiger charge is 2.31. The van der Waals surface area contributed by atoms with Gasteiger partial charge in [-0.2, -0.15) is 0 Å². The molecule has 1 fully saturated rings. The Morgan fingerprint density at radius 2 is 2.05 bits per heavy atom. The number of aromatic amines is 1. The van der Waals surface area contributed by atoms with E-state index >= 15 is 0 Å². The van der Waals surface area contributed by atoms with Gasteiger partial charge in [-0.1, -0.05) is 18.2 Å². The summed E-state index contributed by atoms with van der Waals surface area (Å²) in [7, 11) is 0. The predicted molar refractivity (Wildman–Crippen MR) is 143 cm³/mol. The molecule has 2 aromatic carbocycles. The minimum atomic E-state index is -0.119. The van der Waals surface area contributed by atoms with Crippen molar-refractivity contribution >= 4 is 11.4 Å². The maximum absolute atomic E-state index is 12.6. The molecule has 0 radical (unpaired) electrons. The van der Waals surface area contributed by atoms with E-state index in [2.05, 4.69) is 56.4 Å². The average Bonchev–Trinajstić information content (AvgIpc) is 2.92. The summed E-state index contributed by atoms with van der Waals surface area (Å²) in [6.45, 7) is 5.73. The average molecular weight is 496 g/mol. The van der Waals surface area contributed by atoms with Gasteiger partial charge in [0.05, 0.1) is 42.9 Å². The number of fused-ring (bicyclic) bond motifs is 2. The molecule has 0 bridgehead atoms. The summed E-state index contributed by atoms with van der Waals surface area (Å²) in [4.78, 5) is 26.4. The Morgan fingerprint density at radius 1 is 1.14 bits per heavy atom. The van der Waals surface area contributed by atoms with Crippen molar-refractivity contribution in [1.29, 1.82) is 0 Å². The number of rotatable bonds is 5. The highest BCUT2D eigenvalue weighted by atomic mass is 16.5. The number of nitrogens with zero attached hydrogens (tertiary/aromatic N) is 3. The van der Waals surface area contributed by atoms with E-state index in [-0.39, 0.29) is 17.6 Å². The lowest BCUT2D eigenvalue weighted by Gasteiger charge is -2.38. The van der Waals surface area contributed by atoms with Crippen molar-refractivity contribution in [1.82, 2.24) is 15.0 Å². The zero-order valence-electron chi connectivity index (χ0n) is 20.9. The number of ether oxygens (including phenoxy) is 2. The normalized spacial score (nSPS) is 17.4. The van der Waals surface area contributed by atoms with E-state index in [0.717, 1.165) is 51.7 Å². The van der Waals surface area contributed by atoms with Crippen LogP contribution in [0.5, 0.6) is 11.5 Å². The smallest absolute Gasteiger partial charge is 0.271 e. The fraction of sp³-hybridized carbons (Fsp3) is 0.276. The van der Waals surface area contributed by atoms with E-state index in [1.165, 1.54) is 0 Å². The molecule has 0 aliphatic carbocycles. The van der Waals surface area contributed by atoms with Gasteiger partial charge in [-0.15, -0.1) is 0 Å². The SMILES string of the molecule is Cc1cncc(C(C)Nc2ccc3c(c2)Cc2cccc(C4COCCN4c4ccc[nH]c4=O)c2O3)n1. The van der Waals surface area contributed by atoms with Crippen molar-refractivity contribution in [3.8, 4) is 11.5 Å².